The Morgan fingerprint density at radius 2 is 2.00 bits per heavy atom. The zero-order valence-electron chi connectivity index (χ0n) is 14.5. The topological polar surface area (TPSA) is 81.0 Å². The lowest BCUT2D eigenvalue weighted by Gasteiger charge is -2.09. The average molecular weight is 379 g/mol. The summed E-state index contributed by atoms with van der Waals surface area (Å²) in [5, 5.41) is 7.42. The molecule has 8 heteroatoms. The Morgan fingerprint density at radius 1 is 1.19 bits per heavy atom. The van der Waals surface area contributed by atoms with Gasteiger partial charge in [0.05, 0.1) is 23.1 Å². The third-order valence-electron chi connectivity index (χ3n) is 4.26. The molecule has 0 atom stereocenters. The summed E-state index contributed by atoms with van der Waals surface area (Å²) in [6.07, 6.45) is 5.25. The fourth-order valence-corrected chi connectivity index (χ4v) is 3.70. The number of nitrogens with one attached hydrogen (secondary N) is 2. The van der Waals surface area contributed by atoms with Gasteiger partial charge in [0.15, 0.2) is 0 Å². The Hall–Kier alpha value is -3.39. The van der Waals surface area contributed by atoms with Crippen LogP contribution in [0.25, 0.3) is 15.9 Å². The number of nitrogens with zero attached hydrogens (tertiary/aromatic N) is 3. The van der Waals surface area contributed by atoms with Crippen LogP contribution in [0.4, 0.5) is 5.69 Å². The van der Waals surface area contributed by atoms with Gasteiger partial charge in [0.1, 0.15) is 5.69 Å². The van der Waals surface area contributed by atoms with Gasteiger partial charge in [0.2, 0.25) is 5.91 Å². The molecule has 0 spiro atoms. The van der Waals surface area contributed by atoms with Gasteiger partial charge in [-0.15, -0.1) is 11.3 Å². The molecule has 0 radical (unpaired) electrons. The quantitative estimate of drug-likeness (QED) is 0.559. The number of amides is 2. The maximum atomic E-state index is 12.4. The minimum Gasteiger partial charge on any atom is -0.342 e. The van der Waals surface area contributed by atoms with Crippen molar-refractivity contribution in [2.45, 2.75) is 0 Å². The van der Waals surface area contributed by atoms with Crippen LogP contribution in [0, 0.1) is 0 Å². The summed E-state index contributed by atoms with van der Waals surface area (Å²) in [4.78, 5) is 28.5. The van der Waals surface area contributed by atoms with E-state index in [9.17, 15) is 9.59 Å². The van der Waals surface area contributed by atoms with Gasteiger partial charge in [0.25, 0.3) is 5.91 Å². The van der Waals surface area contributed by atoms with Gasteiger partial charge >= 0.3 is 0 Å². The predicted octanol–water partition coefficient (Wildman–Crippen LogP) is 2.79. The highest BCUT2D eigenvalue weighted by Crippen LogP contribution is 2.24. The van der Waals surface area contributed by atoms with Gasteiger partial charge in [0, 0.05) is 30.8 Å². The molecule has 0 aliphatic heterocycles. The van der Waals surface area contributed by atoms with E-state index in [2.05, 4.69) is 15.6 Å². The molecule has 0 aliphatic rings. The van der Waals surface area contributed by atoms with E-state index in [1.54, 1.807) is 36.0 Å². The Bertz CT molecular complexity index is 1090. The normalized spacial score (nSPS) is 10.9. The molecular formula is C19H17N5O2S. The zero-order valence-corrected chi connectivity index (χ0v) is 15.4. The van der Waals surface area contributed by atoms with Gasteiger partial charge < -0.3 is 19.8 Å². The third kappa shape index (κ3) is 3.47. The first kappa shape index (κ1) is 17.0. The van der Waals surface area contributed by atoms with E-state index >= 15 is 0 Å². The number of thiophene rings is 1. The maximum Gasteiger partial charge on any atom is 0.268 e. The smallest absolute Gasteiger partial charge is 0.268 e. The molecule has 0 unspecified atom stereocenters. The SMILES string of the molecule is Cn1c(C(=O)NCC(=O)Nc2ccc(-n3ccnc3)cc2)cc2sccc21. The molecule has 0 saturated heterocycles. The summed E-state index contributed by atoms with van der Waals surface area (Å²) in [6, 6.07) is 11.2. The average Bonchev–Trinajstić information content (AvgIpc) is 3.40. The standard InChI is InChI=1S/C19H17N5O2S/c1-23-15-6-9-27-17(15)10-16(23)19(26)21-11-18(25)22-13-2-4-14(5-3-13)24-8-7-20-12-24/h2-10,12H,11H2,1H3,(H,21,26)(H,22,25). The van der Waals surface area contributed by atoms with Crippen molar-refractivity contribution in [3.05, 3.63) is 66.2 Å². The van der Waals surface area contributed by atoms with Gasteiger partial charge in [-0.25, -0.2) is 4.98 Å². The molecule has 3 aromatic heterocycles. The number of hydrogen-bond acceptors (Lipinski definition) is 4. The summed E-state index contributed by atoms with van der Waals surface area (Å²) in [5.41, 5.74) is 3.15. The molecule has 2 amide bonds. The highest BCUT2D eigenvalue weighted by Gasteiger charge is 2.15. The summed E-state index contributed by atoms with van der Waals surface area (Å²) in [6.45, 7) is -0.0963. The summed E-state index contributed by atoms with van der Waals surface area (Å²) < 4.78 is 4.75. The van der Waals surface area contributed by atoms with E-state index in [4.69, 9.17) is 0 Å². The minimum atomic E-state index is -0.283. The lowest BCUT2D eigenvalue weighted by atomic mass is 10.2. The van der Waals surface area contributed by atoms with Crippen LogP contribution in [-0.2, 0) is 11.8 Å². The molecule has 3 heterocycles. The van der Waals surface area contributed by atoms with Crippen molar-refractivity contribution in [1.29, 1.82) is 0 Å². The van der Waals surface area contributed by atoms with Crippen LogP contribution in [0.2, 0.25) is 0 Å². The van der Waals surface area contributed by atoms with Crippen LogP contribution in [0.5, 0.6) is 0 Å². The molecule has 27 heavy (non-hydrogen) atoms. The second-order valence-electron chi connectivity index (χ2n) is 6.01. The van der Waals surface area contributed by atoms with Crippen LogP contribution >= 0.6 is 11.3 Å². The zero-order chi connectivity index (χ0) is 18.8. The molecule has 0 bridgehead atoms. The van der Waals surface area contributed by atoms with E-state index in [1.165, 1.54) is 0 Å². The lowest BCUT2D eigenvalue weighted by Crippen LogP contribution is -2.33. The largest absolute Gasteiger partial charge is 0.342 e. The van der Waals surface area contributed by atoms with Crippen molar-refractivity contribution in [2.24, 2.45) is 7.05 Å². The number of carbonyl (C=O) groups is 2. The van der Waals surface area contributed by atoms with Crippen LogP contribution < -0.4 is 10.6 Å². The number of hydrogen-bond donors (Lipinski definition) is 2. The van der Waals surface area contributed by atoms with E-state index in [0.717, 1.165) is 15.9 Å². The van der Waals surface area contributed by atoms with Crippen LogP contribution in [-0.4, -0.2) is 32.5 Å². The monoisotopic (exact) mass is 379 g/mol. The van der Waals surface area contributed by atoms with Crippen LogP contribution in [0.1, 0.15) is 10.5 Å². The fraction of sp³-hybridized carbons (Fsp3) is 0.105. The molecule has 1 aromatic carbocycles. The van der Waals surface area contributed by atoms with Gasteiger partial charge in [-0.2, -0.15) is 0 Å². The summed E-state index contributed by atoms with van der Waals surface area (Å²) in [7, 11) is 1.84. The molecular weight excluding hydrogens is 362 g/mol. The van der Waals surface area contributed by atoms with Crippen molar-refractivity contribution in [3.8, 4) is 5.69 Å². The molecule has 2 N–H and O–H groups in total. The number of fused-ring (bicyclic) bond motifs is 1. The first-order valence-electron chi connectivity index (χ1n) is 8.31. The Balaban J connectivity index is 1.34. The van der Waals surface area contributed by atoms with Crippen molar-refractivity contribution >= 4 is 39.1 Å². The Morgan fingerprint density at radius 3 is 2.70 bits per heavy atom. The fourth-order valence-electron chi connectivity index (χ4n) is 2.85. The molecule has 136 valence electrons. The second-order valence-corrected chi connectivity index (χ2v) is 6.95. The number of imidazole rings is 1. The second kappa shape index (κ2) is 7.08. The van der Waals surface area contributed by atoms with Crippen molar-refractivity contribution in [1.82, 2.24) is 19.4 Å². The minimum absolute atomic E-state index is 0.0963. The molecule has 7 nitrogen and oxygen atoms in total. The van der Waals surface area contributed by atoms with Crippen LogP contribution in [0.3, 0.4) is 0 Å². The van der Waals surface area contributed by atoms with Crippen molar-refractivity contribution < 1.29 is 9.59 Å². The number of benzene rings is 1. The molecule has 0 saturated carbocycles. The van der Waals surface area contributed by atoms with E-state index in [1.807, 2.05) is 52.0 Å². The number of rotatable bonds is 5. The van der Waals surface area contributed by atoms with E-state index in [0.29, 0.717) is 11.4 Å². The third-order valence-corrected chi connectivity index (χ3v) is 5.11. The number of aryl methyl sites for hydroxylation is 1. The lowest BCUT2D eigenvalue weighted by molar-refractivity contribution is -0.115. The molecule has 4 rings (SSSR count). The number of aromatic nitrogens is 3. The highest BCUT2D eigenvalue weighted by atomic mass is 32.1. The van der Waals surface area contributed by atoms with Crippen LogP contribution in [0.15, 0.2) is 60.5 Å². The molecule has 0 fully saturated rings. The van der Waals surface area contributed by atoms with Crippen molar-refractivity contribution in [2.75, 3.05) is 11.9 Å². The van der Waals surface area contributed by atoms with E-state index in [-0.39, 0.29) is 18.4 Å². The first-order chi connectivity index (χ1) is 13.1. The number of carbonyl (C=O) groups excluding carboxylic acids is 2. The number of anilines is 1. The highest BCUT2D eigenvalue weighted by molar-refractivity contribution is 7.17. The van der Waals surface area contributed by atoms with Gasteiger partial charge in [-0.1, -0.05) is 0 Å². The summed E-state index contributed by atoms with van der Waals surface area (Å²) >= 11 is 1.58. The van der Waals surface area contributed by atoms with Gasteiger partial charge in [-0.05, 0) is 41.8 Å². The van der Waals surface area contributed by atoms with Crippen molar-refractivity contribution in [3.63, 3.8) is 0 Å². The first-order valence-corrected chi connectivity index (χ1v) is 9.19. The van der Waals surface area contributed by atoms with E-state index < -0.39 is 0 Å². The molecule has 0 aliphatic carbocycles. The Kier molecular flexibility index (Phi) is 4.47. The Labute approximate surface area is 159 Å². The predicted molar refractivity (Wildman–Crippen MR) is 105 cm³/mol. The maximum absolute atomic E-state index is 12.4. The van der Waals surface area contributed by atoms with Gasteiger partial charge in [-0.3, -0.25) is 9.59 Å². The molecule has 4 aromatic rings. The summed E-state index contributed by atoms with van der Waals surface area (Å²) in [5.74, 6) is -0.554.